The van der Waals surface area contributed by atoms with Crippen LogP contribution >= 0.6 is 0 Å². The van der Waals surface area contributed by atoms with E-state index in [0.717, 1.165) is 12.1 Å². The van der Waals surface area contributed by atoms with Crippen LogP contribution in [-0.2, 0) is 14.8 Å². The molecule has 1 aromatic carbocycles. The largest absolute Gasteiger partial charge is 0.380 e. The number of benzene rings is 1. The molecule has 0 aliphatic carbocycles. The van der Waals surface area contributed by atoms with E-state index in [1.165, 1.54) is 11.2 Å². The molecule has 1 saturated heterocycles. The van der Waals surface area contributed by atoms with Crippen LogP contribution in [0.5, 0.6) is 0 Å². The molecular weight excluding hydrogens is 303 g/mol. The standard InChI is InChI=1S/C12H15FN2O5S/c1-9-7-10(13)11(15(16)17)8-12(9)21(18,19)14-3-2-5-20-6-4-14/h7-8H,2-6H2,1H3. The molecule has 9 heteroatoms. The zero-order chi connectivity index (χ0) is 15.6. The van der Waals surface area contributed by atoms with Crippen molar-refractivity contribution in [3.8, 4) is 0 Å². The van der Waals surface area contributed by atoms with E-state index in [2.05, 4.69) is 0 Å². The number of hydrogen-bond acceptors (Lipinski definition) is 5. The monoisotopic (exact) mass is 318 g/mol. The minimum Gasteiger partial charge on any atom is -0.380 e. The van der Waals surface area contributed by atoms with Gasteiger partial charge in [0.25, 0.3) is 0 Å². The molecule has 116 valence electrons. The summed E-state index contributed by atoms with van der Waals surface area (Å²) in [6.45, 7) is 2.59. The highest BCUT2D eigenvalue weighted by atomic mass is 32.2. The van der Waals surface area contributed by atoms with E-state index in [0.29, 0.717) is 13.0 Å². The number of nitro groups is 1. The van der Waals surface area contributed by atoms with Gasteiger partial charge in [0.2, 0.25) is 15.8 Å². The Hall–Kier alpha value is -1.58. The molecule has 0 unspecified atom stereocenters. The second-order valence-corrected chi connectivity index (χ2v) is 6.60. The molecule has 7 nitrogen and oxygen atoms in total. The molecule has 1 heterocycles. The topological polar surface area (TPSA) is 89.8 Å². The highest BCUT2D eigenvalue weighted by Crippen LogP contribution is 2.27. The summed E-state index contributed by atoms with van der Waals surface area (Å²) in [6.07, 6.45) is 0.543. The van der Waals surface area contributed by atoms with E-state index < -0.39 is 26.5 Å². The van der Waals surface area contributed by atoms with Crippen LogP contribution in [0.2, 0.25) is 0 Å². The lowest BCUT2D eigenvalue weighted by molar-refractivity contribution is -0.387. The minimum absolute atomic E-state index is 0.142. The average Bonchev–Trinajstić information content (AvgIpc) is 2.67. The zero-order valence-corrected chi connectivity index (χ0v) is 12.2. The molecule has 1 aromatic rings. The second-order valence-electron chi connectivity index (χ2n) is 4.70. The van der Waals surface area contributed by atoms with Gasteiger partial charge in [-0.05, 0) is 25.0 Å². The van der Waals surface area contributed by atoms with E-state index >= 15 is 0 Å². The van der Waals surface area contributed by atoms with Gasteiger partial charge in [0.15, 0.2) is 0 Å². The Bertz CT molecular complexity index is 654. The van der Waals surface area contributed by atoms with Crippen LogP contribution in [0.3, 0.4) is 0 Å². The van der Waals surface area contributed by atoms with Crippen molar-refractivity contribution in [1.82, 2.24) is 4.31 Å². The Morgan fingerprint density at radius 3 is 2.71 bits per heavy atom. The molecule has 0 bridgehead atoms. The van der Waals surface area contributed by atoms with Crippen molar-refractivity contribution >= 4 is 15.7 Å². The summed E-state index contributed by atoms with van der Waals surface area (Å²) in [6, 6.07) is 1.66. The summed E-state index contributed by atoms with van der Waals surface area (Å²) in [5.41, 5.74) is -0.700. The van der Waals surface area contributed by atoms with Crippen LogP contribution in [-0.4, -0.2) is 43.9 Å². The van der Waals surface area contributed by atoms with Gasteiger partial charge in [-0.25, -0.2) is 8.42 Å². The maximum atomic E-state index is 13.5. The predicted molar refractivity (Wildman–Crippen MR) is 72.0 cm³/mol. The summed E-state index contributed by atoms with van der Waals surface area (Å²) >= 11 is 0. The number of ether oxygens (including phenoxy) is 1. The highest BCUT2D eigenvalue weighted by molar-refractivity contribution is 7.89. The first-order chi connectivity index (χ1) is 9.84. The first-order valence-corrected chi connectivity index (χ1v) is 7.80. The number of nitro benzene ring substituents is 1. The van der Waals surface area contributed by atoms with Crippen molar-refractivity contribution in [1.29, 1.82) is 0 Å². The molecule has 0 radical (unpaired) electrons. The molecule has 0 aromatic heterocycles. The lowest BCUT2D eigenvalue weighted by Crippen LogP contribution is -2.33. The fourth-order valence-electron chi connectivity index (χ4n) is 2.16. The smallest absolute Gasteiger partial charge is 0.306 e. The first kappa shape index (κ1) is 15.8. The third kappa shape index (κ3) is 3.20. The van der Waals surface area contributed by atoms with Crippen LogP contribution in [0.25, 0.3) is 0 Å². The van der Waals surface area contributed by atoms with Crippen LogP contribution < -0.4 is 0 Å². The van der Waals surface area contributed by atoms with Crippen molar-refractivity contribution in [2.45, 2.75) is 18.2 Å². The number of aryl methyl sites for hydroxylation is 1. The molecule has 2 rings (SSSR count). The summed E-state index contributed by atoms with van der Waals surface area (Å²) in [5, 5.41) is 10.8. The number of rotatable bonds is 3. The molecular formula is C12H15FN2O5S. The summed E-state index contributed by atoms with van der Waals surface area (Å²) in [5.74, 6) is -1.05. The zero-order valence-electron chi connectivity index (χ0n) is 11.4. The van der Waals surface area contributed by atoms with Crippen LogP contribution in [0, 0.1) is 22.9 Å². The second kappa shape index (κ2) is 6.04. The normalized spacial score (nSPS) is 17.4. The predicted octanol–water partition coefficient (Wildman–Crippen LogP) is 1.45. The molecule has 0 atom stereocenters. The Morgan fingerprint density at radius 1 is 1.33 bits per heavy atom. The van der Waals surface area contributed by atoms with Gasteiger partial charge in [-0.2, -0.15) is 8.70 Å². The third-order valence-electron chi connectivity index (χ3n) is 3.24. The molecule has 1 aliphatic rings. The third-order valence-corrected chi connectivity index (χ3v) is 5.28. The fraction of sp³-hybridized carbons (Fsp3) is 0.500. The van der Waals surface area contributed by atoms with Crippen LogP contribution in [0.1, 0.15) is 12.0 Å². The van der Waals surface area contributed by atoms with Crippen molar-refractivity contribution in [2.75, 3.05) is 26.3 Å². The number of hydrogen-bond donors (Lipinski definition) is 0. The van der Waals surface area contributed by atoms with Gasteiger partial charge in [-0.1, -0.05) is 0 Å². The van der Waals surface area contributed by atoms with Gasteiger partial charge >= 0.3 is 5.69 Å². The van der Waals surface area contributed by atoms with E-state index in [1.807, 2.05) is 0 Å². The van der Waals surface area contributed by atoms with E-state index in [4.69, 9.17) is 4.74 Å². The quantitative estimate of drug-likeness (QED) is 0.621. The van der Waals surface area contributed by atoms with E-state index in [1.54, 1.807) is 0 Å². The van der Waals surface area contributed by atoms with Crippen molar-refractivity contribution in [3.63, 3.8) is 0 Å². The molecule has 1 aliphatic heterocycles. The van der Waals surface area contributed by atoms with Gasteiger partial charge in [-0.3, -0.25) is 10.1 Å². The van der Waals surface area contributed by atoms with E-state index in [-0.39, 0.29) is 30.2 Å². The lowest BCUT2D eigenvalue weighted by atomic mass is 10.2. The molecule has 0 N–H and O–H groups in total. The Kier molecular flexibility index (Phi) is 4.55. The van der Waals surface area contributed by atoms with Gasteiger partial charge in [0, 0.05) is 25.8 Å². The molecule has 1 fully saturated rings. The van der Waals surface area contributed by atoms with Gasteiger partial charge in [0.05, 0.1) is 16.4 Å². The van der Waals surface area contributed by atoms with Crippen LogP contribution in [0.4, 0.5) is 10.1 Å². The van der Waals surface area contributed by atoms with Gasteiger partial charge in [0.1, 0.15) is 0 Å². The van der Waals surface area contributed by atoms with Crippen LogP contribution in [0.15, 0.2) is 17.0 Å². The molecule has 0 spiro atoms. The number of halogens is 1. The fourth-order valence-corrected chi connectivity index (χ4v) is 3.85. The summed E-state index contributed by atoms with van der Waals surface area (Å²) < 4.78 is 45.1. The molecule has 21 heavy (non-hydrogen) atoms. The Labute approximate surface area is 121 Å². The van der Waals surface area contributed by atoms with Crippen molar-refractivity contribution in [2.24, 2.45) is 0 Å². The lowest BCUT2D eigenvalue weighted by Gasteiger charge is -2.20. The molecule has 0 saturated carbocycles. The average molecular weight is 318 g/mol. The SMILES string of the molecule is Cc1cc(F)c([N+](=O)[O-])cc1S(=O)(=O)N1CCCOCC1. The van der Waals surface area contributed by atoms with Crippen molar-refractivity contribution < 1.29 is 22.5 Å². The van der Waals surface area contributed by atoms with Gasteiger partial charge in [-0.15, -0.1) is 0 Å². The van der Waals surface area contributed by atoms with Crippen molar-refractivity contribution in [3.05, 3.63) is 33.6 Å². The highest BCUT2D eigenvalue weighted by Gasteiger charge is 2.30. The number of sulfonamides is 1. The van der Waals surface area contributed by atoms with E-state index in [9.17, 15) is 22.9 Å². The Morgan fingerprint density at radius 2 is 2.05 bits per heavy atom. The summed E-state index contributed by atoms with van der Waals surface area (Å²) in [4.78, 5) is 9.61. The maximum absolute atomic E-state index is 13.5. The van der Waals surface area contributed by atoms with Gasteiger partial charge < -0.3 is 4.74 Å². The Balaban J connectivity index is 2.48. The minimum atomic E-state index is -3.91. The molecule has 0 amide bonds. The summed E-state index contributed by atoms with van der Waals surface area (Å²) in [7, 11) is -3.91. The maximum Gasteiger partial charge on any atom is 0.306 e. The first-order valence-electron chi connectivity index (χ1n) is 6.36. The number of nitrogens with zero attached hydrogens (tertiary/aromatic N) is 2.